The van der Waals surface area contributed by atoms with E-state index in [2.05, 4.69) is 10.6 Å². The quantitative estimate of drug-likeness (QED) is 0.369. The molecule has 0 aromatic heterocycles. The second kappa shape index (κ2) is 16.7. The SMILES string of the molecule is CC(C)C[C@@H]1OC(=O)[C@H](C)CNC(=O)[C@@H](Cc2ccc(O)c(Cl)c2)NC(=O)C=CC[C@@H]([C@H](C)C=Cc2ccccc2)OC1=O. The van der Waals surface area contributed by atoms with Crippen molar-refractivity contribution in [3.63, 3.8) is 0 Å². The number of phenols is 1. The summed E-state index contributed by atoms with van der Waals surface area (Å²) in [5.41, 5.74) is 1.59. The highest BCUT2D eigenvalue weighted by Crippen LogP contribution is 2.24. The van der Waals surface area contributed by atoms with Crippen molar-refractivity contribution < 1.29 is 33.8 Å². The highest BCUT2D eigenvalue weighted by Gasteiger charge is 2.31. The van der Waals surface area contributed by atoms with Gasteiger partial charge in [-0.3, -0.25) is 14.4 Å². The molecule has 2 aromatic carbocycles. The van der Waals surface area contributed by atoms with E-state index < -0.39 is 47.9 Å². The van der Waals surface area contributed by atoms with Gasteiger partial charge in [0.15, 0.2) is 6.10 Å². The maximum absolute atomic E-state index is 13.3. The van der Waals surface area contributed by atoms with Gasteiger partial charge in [-0.1, -0.05) is 93.9 Å². The summed E-state index contributed by atoms with van der Waals surface area (Å²) in [6.07, 6.45) is 5.51. The van der Waals surface area contributed by atoms with Crippen molar-refractivity contribution in [3.05, 3.63) is 82.9 Å². The Morgan fingerprint density at radius 2 is 1.75 bits per heavy atom. The van der Waals surface area contributed by atoms with E-state index >= 15 is 0 Å². The Hall–Kier alpha value is -4.11. The van der Waals surface area contributed by atoms with Crippen LogP contribution in [0, 0.1) is 17.8 Å². The Kier molecular flexibility index (Phi) is 13.0. The van der Waals surface area contributed by atoms with E-state index in [1.807, 2.05) is 63.3 Å². The van der Waals surface area contributed by atoms with Crippen molar-refractivity contribution >= 4 is 41.4 Å². The molecule has 0 radical (unpaired) electrons. The number of nitrogens with one attached hydrogen (secondary N) is 2. The Balaban J connectivity index is 1.89. The molecular formula is C34H41ClN2O7. The maximum atomic E-state index is 13.3. The number of hydrogen-bond donors (Lipinski definition) is 3. The van der Waals surface area contributed by atoms with Gasteiger partial charge in [0.1, 0.15) is 17.9 Å². The van der Waals surface area contributed by atoms with Crippen LogP contribution in [0.4, 0.5) is 0 Å². The van der Waals surface area contributed by atoms with Crippen molar-refractivity contribution in [2.24, 2.45) is 17.8 Å². The summed E-state index contributed by atoms with van der Waals surface area (Å²) < 4.78 is 11.6. The molecule has 10 heteroatoms. The van der Waals surface area contributed by atoms with Gasteiger partial charge in [0, 0.05) is 25.3 Å². The van der Waals surface area contributed by atoms with Crippen LogP contribution in [0.25, 0.3) is 6.08 Å². The topological polar surface area (TPSA) is 131 Å². The lowest BCUT2D eigenvalue weighted by molar-refractivity contribution is -0.175. The number of carbonyl (C=O) groups excluding carboxylic acids is 4. The fraction of sp³-hybridized carbons (Fsp3) is 0.412. The summed E-state index contributed by atoms with van der Waals surface area (Å²) in [5.74, 6) is -3.45. The van der Waals surface area contributed by atoms with Crippen LogP contribution in [0.2, 0.25) is 5.02 Å². The Bertz CT molecular complexity index is 1360. The lowest BCUT2D eigenvalue weighted by Gasteiger charge is -2.26. The highest BCUT2D eigenvalue weighted by atomic mass is 35.5. The zero-order valence-electron chi connectivity index (χ0n) is 25.5. The lowest BCUT2D eigenvalue weighted by atomic mass is 9.99. The molecule has 2 amide bonds. The second-order valence-electron chi connectivity index (χ2n) is 11.5. The molecule has 0 spiro atoms. The molecule has 3 rings (SSSR count). The third kappa shape index (κ3) is 10.9. The number of amides is 2. The minimum absolute atomic E-state index is 0.0348. The summed E-state index contributed by atoms with van der Waals surface area (Å²) in [4.78, 5) is 52.5. The highest BCUT2D eigenvalue weighted by molar-refractivity contribution is 6.32. The molecule has 0 aliphatic carbocycles. The fourth-order valence-corrected chi connectivity index (χ4v) is 4.74. The molecule has 9 nitrogen and oxygen atoms in total. The number of benzene rings is 2. The van der Waals surface area contributed by atoms with Crippen LogP contribution in [0.15, 0.2) is 66.8 Å². The van der Waals surface area contributed by atoms with Gasteiger partial charge in [-0.05, 0) is 41.7 Å². The minimum atomic E-state index is -1.12. The standard InChI is InChI=1S/C34H41ClN2O7/c1-21(2)17-30-34(42)43-29(22(3)13-14-24-9-6-5-7-10-24)11-8-12-31(39)37-27(19-25-15-16-28(38)26(35)18-25)32(40)36-20-23(4)33(41)44-30/h5-10,12-16,18,21-23,27,29-30,38H,11,17,19-20H2,1-4H3,(H,36,40)(H,37,39)/t22-,23-,27-,29+,30+/m1/s1. The number of aromatic hydroxyl groups is 1. The molecule has 1 aliphatic rings. The van der Waals surface area contributed by atoms with Crippen molar-refractivity contribution in [2.75, 3.05) is 6.54 Å². The van der Waals surface area contributed by atoms with Crippen LogP contribution in [-0.2, 0) is 35.1 Å². The summed E-state index contributed by atoms with van der Waals surface area (Å²) in [6.45, 7) is 7.23. The maximum Gasteiger partial charge on any atom is 0.347 e. The molecule has 2 aromatic rings. The molecule has 0 fully saturated rings. The third-order valence-electron chi connectivity index (χ3n) is 7.16. The van der Waals surface area contributed by atoms with Gasteiger partial charge in [0.2, 0.25) is 11.8 Å². The Labute approximate surface area is 263 Å². The largest absolute Gasteiger partial charge is 0.506 e. The predicted octanol–water partition coefficient (Wildman–Crippen LogP) is 5.00. The first-order valence-corrected chi connectivity index (χ1v) is 15.2. The van der Waals surface area contributed by atoms with Crippen molar-refractivity contribution in [3.8, 4) is 5.75 Å². The molecule has 0 unspecified atom stereocenters. The monoisotopic (exact) mass is 624 g/mol. The molecule has 0 saturated heterocycles. The van der Waals surface area contributed by atoms with Crippen LogP contribution in [0.3, 0.4) is 0 Å². The third-order valence-corrected chi connectivity index (χ3v) is 7.46. The van der Waals surface area contributed by atoms with E-state index in [1.54, 1.807) is 19.1 Å². The van der Waals surface area contributed by atoms with Crippen molar-refractivity contribution in [1.82, 2.24) is 10.6 Å². The van der Waals surface area contributed by atoms with Gasteiger partial charge in [0.25, 0.3) is 0 Å². The zero-order valence-corrected chi connectivity index (χ0v) is 26.3. The molecule has 3 N–H and O–H groups in total. The molecule has 0 bridgehead atoms. The molecule has 44 heavy (non-hydrogen) atoms. The van der Waals surface area contributed by atoms with E-state index in [1.165, 1.54) is 18.2 Å². The number of ether oxygens (including phenoxy) is 2. The number of carbonyl (C=O) groups is 4. The van der Waals surface area contributed by atoms with E-state index in [0.29, 0.717) is 5.56 Å². The van der Waals surface area contributed by atoms with E-state index in [4.69, 9.17) is 21.1 Å². The molecule has 236 valence electrons. The van der Waals surface area contributed by atoms with Crippen LogP contribution in [-0.4, -0.2) is 53.7 Å². The number of cyclic esters (lactones) is 2. The average Bonchev–Trinajstić information content (AvgIpc) is 2.98. The van der Waals surface area contributed by atoms with Crippen LogP contribution < -0.4 is 10.6 Å². The molecule has 1 aliphatic heterocycles. The molecule has 0 saturated carbocycles. The lowest BCUT2D eigenvalue weighted by Crippen LogP contribution is -2.49. The van der Waals surface area contributed by atoms with Crippen LogP contribution in [0.5, 0.6) is 5.75 Å². The molecular weight excluding hydrogens is 584 g/mol. The van der Waals surface area contributed by atoms with Gasteiger partial charge < -0.3 is 25.2 Å². The first-order chi connectivity index (χ1) is 20.9. The summed E-state index contributed by atoms with van der Waals surface area (Å²) in [6, 6.07) is 13.2. The molecule has 1 heterocycles. The minimum Gasteiger partial charge on any atom is -0.506 e. The first kappa shape index (κ1) is 34.4. The first-order valence-electron chi connectivity index (χ1n) is 14.8. The van der Waals surface area contributed by atoms with Gasteiger partial charge in [-0.25, -0.2) is 4.79 Å². The zero-order chi connectivity index (χ0) is 32.2. The normalized spacial score (nSPS) is 23.1. The molecule has 5 atom stereocenters. The summed E-state index contributed by atoms with van der Waals surface area (Å²) >= 11 is 6.05. The predicted molar refractivity (Wildman–Crippen MR) is 169 cm³/mol. The average molecular weight is 625 g/mol. The fourth-order valence-electron chi connectivity index (χ4n) is 4.53. The number of esters is 2. The number of phenolic OH excluding ortho intramolecular Hbond substituents is 1. The van der Waals surface area contributed by atoms with Gasteiger partial charge >= 0.3 is 11.9 Å². The van der Waals surface area contributed by atoms with Crippen LogP contribution >= 0.6 is 11.6 Å². The number of rotatable bonds is 7. The van der Waals surface area contributed by atoms with E-state index in [-0.39, 0.29) is 48.4 Å². The Morgan fingerprint density at radius 1 is 1.02 bits per heavy atom. The van der Waals surface area contributed by atoms with Crippen molar-refractivity contribution in [2.45, 2.75) is 65.2 Å². The van der Waals surface area contributed by atoms with Gasteiger partial charge in [0.05, 0.1) is 10.9 Å². The van der Waals surface area contributed by atoms with E-state index in [9.17, 15) is 24.3 Å². The van der Waals surface area contributed by atoms with Crippen molar-refractivity contribution in [1.29, 1.82) is 0 Å². The summed E-state index contributed by atoms with van der Waals surface area (Å²) in [5, 5.41) is 15.3. The second-order valence-corrected chi connectivity index (χ2v) is 11.9. The smallest absolute Gasteiger partial charge is 0.347 e. The summed E-state index contributed by atoms with van der Waals surface area (Å²) in [7, 11) is 0. The number of halogens is 1. The van der Waals surface area contributed by atoms with E-state index in [0.717, 1.165) is 5.56 Å². The van der Waals surface area contributed by atoms with Crippen LogP contribution in [0.1, 0.15) is 51.7 Å². The Morgan fingerprint density at radius 3 is 2.43 bits per heavy atom. The number of hydrogen-bond acceptors (Lipinski definition) is 7. The van der Waals surface area contributed by atoms with Gasteiger partial charge in [-0.2, -0.15) is 0 Å². The van der Waals surface area contributed by atoms with Gasteiger partial charge in [-0.15, -0.1) is 0 Å².